The zero-order chi connectivity index (χ0) is 17.1. The number of nitrogens with one attached hydrogen (secondary N) is 2. The predicted molar refractivity (Wildman–Crippen MR) is 95.7 cm³/mol. The van der Waals surface area contributed by atoms with Crippen LogP contribution < -0.4 is 15.4 Å². The normalized spacial score (nSPS) is 13.8. The lowest BCUT2D eigenvalue weighted by Gasteiger charge is -2.13. The van der Waals surface area contributed by atoms with E-state index in [1.807, 2.05) is 47.0 Å². The van der Waals surface area contributed by atoms with Gasteiger partial charge in [0.05, 0.1) is 22.9 Å². The van der Waals surface area contributed by atoms with Crippen molar-refractivity contribution >= 4 is 16.9 Å². The molecule has 25 heavy (non-hydrogen) atoms. The second kappa shape index (κ2) is 6.94. The molecule has 1 aromatic heterocycles. The molecule has 1 aliphatic heterocycles. The number of amides is 1. The van der Waals surface area contributed by atoms with Gasteiger partial charge in [0.15, 0.2) is 0 Å². The number of nitrogens with zero attached hydrogens (tertiary/aromatic N) is 2. The van der Waals surface area contributed by atoms with Gasteiger partial charge < -0.3 is 19.9 Å². The Labute approximate surface area is 145 Å². The van der Waals surface area contributed by atoms with Gasteiger partial charge in [-0.3, -0.25) is 4.79 Å². The van der Waals surface area contributed by atoms with E-state index in [9.17, 15) is 4.79 Å². The van der Waals surface area contributed by atoms with Gasteiger partial charge >= 0.3 is 0 Å². The van der Waals surface area contributed by atoms with Crippen LogP contribution in [0.5, 0.6) is 5.75 Å². The zero-order valence-corrected chi connectivity index (χ0v) is 13.9. The number of para-hydroxylation sites is 3. The number of rotatable bonds is 4. The number of hydrogen-bond acceptors (Lipinski definition) is 4. The number of carbonyl (C=O) groups excluding carboxylic acids is 1. The molecule has 3 aromatic rings. The molecule has 0 saturated carbocycles. The smallest absolute Gasteiger partial charge is 0.255 e. The monoisotopic (exact) mass is 336 g/mol. The lowest BCUT2D eigenvalue weighted by molar-refractivity contribution is 0.0948. The predicted octanol–water partition coefficient (Wildman–Crippen LogP) is 1.95. The molecule has 1 amide bonds. The van der Waals surface area contributed by atoms with Crippen LogP contribution in [0.15, 0.2) is 48.8 Å². The summed E-state index contributed by atoms with van der Waals surface area (Å²) in [4.78, 5) is 17.0. The van der Waals surface area contributed by atoms with Gasteiger partial charge in [0.2, 0.25) is 0 Å². The highest BCUT2D eigenvalue weighted by Crippen LogP contribution is 2.25. The van der Waals surface area contributed by atoms with Gasteiger partial charge in [0.25, 0.3) is 5.91 Å². The first-order valence-electron chi connectivity index (χ1n) is 8.46. The molecule has 2 aromatic carbocycles. The third-order valence-electron chi connectivity index (χ3n) is 4.35. The van der Waals surface area contributed by atoms with E-state index in [0.29, 0.717) is 31.0 Å². The van der Waals surface area contributed by atoms with E-state index in [-0.39, 0.29) is 5.91 Å². The van der Waals surface area contributed by atoms with Gasteiger partial charge in [-0.25, -0.2) is 4.98 Å². The SMILES string of the molecule is O=C(NCCn1cnc2ccccc21)c1cccc2c1OCCNC2. The molecular formula is C19H20N4O2. The lowest BCUT2D eigenvalue weighted by Crippen LogP contribution is -2.27. The zero-order valence-electron chi connectivity index (χ0n) is 13.9. The highest BCUT2D eigenvalue weighted by Gasteiger charge is 2.17. The van der Waals surface area contributed by atoms with Crippen molar-refractivity contribution in [1.82, 2.24) is 20.2 Å². The Morgan fingerprint density at radius 1 is 1.24 bits per heavy atom. The average molecular weight is 336 g/mol. The Bertz CT molecular complexity index is 903. The van der Waals surface area contributed by atoms with E-state index in [2.05, 4.69) is 15.6 Å². The third kappa shape index (κ3) is 3.21. The minimum atomic E-state index is -0.108. The summed E-state index contributed by atoms with van der Waals surface area (Å²) in [7, 11) is 0. The number of benzene rings is 2. The van der Waals surface area contributed by atoms with Gasteiger partial charge in [0, 0.05) is 31.7 Å². The van der Waals surface area contributed by atoms with Crippen LogP contribution in [0.4, 0.5) is 0 Å². The fraction of sp³-hybridized carbons (Fsp3) is 0.263. The molecule has 0 radical (unpaired) electrons. The molecule has 0 spiro atoms. The van der Waals surface area contributed by atoms with Gasteiger partial charge in [-0.15, -0.1) is 0 Å². The van der Waals surface area contributed by atoms with Crippen LogP contribution in [0.2, 0.25) is 0 Å². The summed E-state index contributed by atoms with van der Waals surface area (Å²) in [5.74, 6) is 0.584. The Hall–Kier alpha value is -2.86. The Morgan fingerprint density at radius 2 is 2.16 bits per heavy atom. The summed E-state index contributed by atoms with van der Waals surface area (Å²) in [6, 6.07) is 13.7. The van der Waals surface area contributed by atoms with Crippen LogP contribution in [0.3, 0.4) is 0 Å². The largest absolute Gasteiger partial charge is 0.491 e. The van der Waals surface area contributed by atoms with Crippen molar-refractivity contribution in [3.8, 4) is 5.75 Å². The van der Waals surface area contributed by atoms with Crippen LogP contribution >= 0.6 is 0 Å². The Kier molecular flexibility index (Phi) is 4.35. The Balaban J connectivity index is 1.44. The van der Waals surface area contributed by atoms with E-state index in [1.165, 1.54) is 0 Å². The number of ether oxygens (including phenoxy) is 1. The van der Waals surface area contributed by atoms with Crippen molar-refractivity contribution in [3.63, 3.8) is 0 Å². The molecule has 0 bridgehead atoms. The van der Waals surface area contributed by atoms with Crippen molar-refractivity contribution in [2.45, 2.75) is 13.1 Å². The highest BCUT2D eigenvalue weighted by atomic mass is 16.5. The summed E-state index contributed by atoms with van der Waals surface area (Å²) < 4.78 is 7.82. The maximum Gasteiger partial charge on any atom is 0.255 e. The fourth-order valence-electron chi connectivity index (χ4n) is 3.10. The number of imidazole rings is 1. The molecule has 4 rings (SSSR count). The second-order valence-electron chi connectivity index (χ2n) is 6.00. The first-order valence-corrected chi connectivity index (χ1v) is 8.46. The first kappa shape index (κ1) is 15.7. The van der Waals surface area contributed by atoms with Gasteiger partial charge in [-0.2, -0.15) is 0 Å². The van der Waals surface area contributed by atoms with E-state index < -0.39 is 0 Å². The van der Waals surface area contributed by atoms with Crippen LogP contribution in [0, 0.1) is 0 Å². The summed E-state index contributed by atoms with van der Waals surface area (Å²) >= 11 is 0. The fourth-order valence-corrected chi connectivity index (χ4v) is 3.10. The van der Waals surface area contributed by atoms with Crippen molar-refractivity contribution < 1.29 is 9.53 Å². The molecule has 0 aliphatic carbocycles. The average Bonchev–Trinajstić information content (AvgIpc) is 2.89. The van der Waals surface area contributed by atoms with E-state index in [4.69, 9.17) is 4.74 Å². The molecule has 0 fully saturated rings. The lowest BCUT2D eigenvalue weighted by atomic mass is 10.1. The standard InChI is InChI=1S/C19H20N4O2/c24-19(15-5-3-4-14-12-20-9-11-25-18(14)15)21-8-10-23-13-22-16-6-1-2-7-17(16)23/h1-7,13,20H,8-12H2,(H,21,24). The molecule has 0 atom stereocenters. The van der Waals surface area contributed by atoms with Crippen molar-refractivity contribution in [2.75, 3.05) is 19.7 Å². The van der Waals surface area contributed by atoms with E-state index in [1.54, 1.807) is 6.33 Å². The van der Waals surface area contributed by atoms with Crippen LogP contribution in [-0.2, 0) is 13.1 Å². The second-order valence-corrected chi connectivity index (χ2v) is 6.00. The Morgan fingerprint density at radius 3 is 3.12 bits per heavy atom. The molecule has 0 unspecified atom stereocenters. The first-order chi connectivity index (χ1) is 12.3. The maximum absolute atomic E-state index is 12.6. The maximum atomic E-state index is 12.6. The number of fused-ring (bicyclic) bond motifs is 2. The van der Waals surface area contributed by atoms with E-state index in [0.717, 1.165) is 29.7 Å². The summed E-state index contributed by atoms with van der Waals surface area (Å²) in [6.45, 7) is 3.27. The topological polar surface area (TPSA) is 68.2 Å². The molecule has 6 heteroatoms. The molecular weight excluding hydrogens is 316 g/mol. The van der Waals surface area contributed by atoms with Crippen molar-refractivity contribution in [2.24, 2.45) is 0 Å². The van der Waals surface area contributed by atoms with Gasteiger partial charge in [-0.1, -0.05) is 24.3 Å². The molecule has 1 aliphatic rings. The minimum Gasteiger partial charge on any atom is -0.491 e. The van der Waals surface area contributed by atoms with Crippen molar-refractivity contribution in [1.29, 1.82) is 0 Å². The number of aromatic nitrogens is 2. The molecule has 2 heterocycles. The molecule has 6 nitrogen and oxygen atoms in total. The quantitative estimate of drug-likeness (QED) is 0.764. The third-order valence-corrected chi connectivity index (χ3v) is 4.35. The van der Waals surface area contributed by atoms with Crippen molar-refractivity contribution in [3.05, 3.63) is 59.9 Å². The number of hydrogen-bond donors (Lipinski definition) is 2. The molecule has 0 saturated heterocycles. The minimum absolute atomic E-state index is 0.108. The molecule has 2 N–H and O–H groups in total. The van der Waals surface area contributed by atoms with Gasteiger partial charge in [-0.05, 0) is 18.2 Å². The highest BCUT2D eigenvalue weighted by molar-refractivity contribution is 5.97. The van der Waals surface area contributed by atoms with Crippen LogP contribution in [0.1, 0.15) is 15.9 Å². The van der Waals surface area contributed by atoms with Gasteiger partial charge in [0.1, 0.15) is 12.4 Å². The molecule has 128 valence electrons. The summed E-state index contributed by atoms with van der Waals surface area (Å²) in [6.07, 6.45) is 1.81. The van der Waals surface area contributed by atoms with Crippen LogP contribution in [0.25, 0.3) is 11.0 Å². The van der Waals surface area contributed by atoms with Crippen LogP contribution in [-0.4, -0.2) is 35.2 Å². The van der Waals surface area contributed by atoms with E-state index >= 15 is 0 Å². The summed E-state index contributed by atoms with van der Waals surface area (Å²) in [5.41, 5.74) is 3.64. The number of carbonyl (C=O) groups is 1. The summed E-state index contributed by atoms with van der Waals surface area (Å²) in [5, 5.41) is 6.27.